The number of para-hydroxylation sites is 1. The van der Waals surface area contributed by atoms with Crippen LogP contribution in [0.1, 0.15) is 23.5 Å². The van der Waals surface area contributed by atoms with Gasteiger partial charge in [-0.1, -0.05) is 66.7 Å². The van der Waals surface area contributed by atoms with Crippen molar-refractivity contribution in [1.82, 2.24) is 4.98 Å². The van der Waals surface area contributed by atoms with E-state index in [1.165, 1.54) is 0 Å². The molecule has 1 N–H and O–H groups in total. The summed E-state index contributed by atoms with van der Waals surface area (Å²) < 4.78 is 41.3. The van der Waals surface area contributed by atoms with Crippen LogP contribution >= 0.6 is 11.8 Å². The normalized spacial score (nSPS) is 12.6. The van der Waals surface area contributed by atoms with Crippen molar-refractivity contribution in [2.24, 2.45) is 0 Å². The summed E-state index contributed by atoms with van der Waals surface area (Å²) in [7, 11) is 0. The van der Waals surface area contributed by atoms with Gasteiger partial charge < -0.3 is 4.98 Å². The standard InChI is InChI=1S/C24H17F3N2S/c25-24(26,27)14-19(17-10-5-7-13-21(17)30-15-28)22-18-11-4-6-12-20(18)29-23(22)16-8-2-1-3-9-16/h1-13,19,29H,14H2. The van der Waals surface area contributed by atoms with E-state index in [-0.39, 0.29) is 0 Å². The molecule has 0 spiro atoms. The first kappa shape index (κ1) is 20.1. The minimum atomic E-state index is -4.37. The summed E-state index contributed by atoms with van der Waals surface area (Å²) in [5, 5.41) is 11.9. The number of H-pyrrole nitrogens is 1. The number of thiocyanates is 1. The molecule has 0 aliphatic rings. The molecule has 4 rings (SSSR count). The second kappa shape index (κ2) is 8.29. The number of nitrogens with zero attached hydrogens (tertiary/aromatic N) is 1. The summed E-state index contributed by atoms with van der Waals surface area (Å²) in [4.78, 5) is 3.87. The lowest BCUT2D eigenvalue weighted by Crippen LogP contribution is -2.16. The molecule has 30 heavy (non-hydrogen) atoms. The number of benzene rings is 3. The van der Waals surface area contributed by atoms with Crippen LogP contribution in [0, 0.1) is 10.7 Å². The van der Waals surface area contributed by atoms with Gasteiger partial charge in [0.15, 0.2) is 0 Å². The maximum absolute atomic E-state index is 13.8. The first-order valence-electron chi connectivity index (χ1n) is 9.35. The molecule has 1 aromatic heterocycles. The van der Waals surface area contributed by atoms with Crippen LogP contribution in [0.2, 0.25) is 0 Å². The molecule has 0 saturated carbocycles. The van der Waals surface area contributed by atoms with Crippen molar-refractivity contribution in [2.45, 2.75) is 23.4 Å². The SMILES string of the molecule is N#CSc1ccccc1C(CC(F)(F)F)c1c(-c2ccccc2)[nH]c2ccccc12. The molecule has 0 fully saturated rings. The van der Waals surface area contributed by atoms with Gasteiger partial charge in [0, 0.05) is 21.7 Å². The third-order valence-corrected chi connectivity index (χ3v) is 5.73. The number of rotatable bonds is 5. The first-order chi connectivity index (χ1) is 14.5. The van der Waals surface area contributed by atoms with Crippen molar-refractivity contribution in [2.75, 3.05) is 0 Å². The van der Waals surface area contributed by atoms with Crippen LogP contribution in [0.4, 0.5) is 13.2 Å². The van der Waals surface area contributed by atoms with Gasteiger partial charge in [0.2, 0.25) is 0 Å². The Morgan fingerprint density at radius 1 is 0.900 bits per heavy atom. The van der Waals surface area contributed by atoms with Crippen LogP contribution in [-0.2, 0) is 0 Å². The van der Waals surface area contributed by atoms with E-state index in [0.29, 0.717) is 21.7 Å². The van der Waals surface area contributed by atoms with E-state index in [1.807, 2.05) is 60.0 Å². The van der Waals surface area contributed by atoms with Crippen LogP contribution in [0.15, 0.2) is 83.8 Å². The average Bonchev–Trinajstić information content (AvgIpc) is 3.12. The van der Waals surface area contributed by atoms with Gasteiger partial charge in [0.05, 0.1) is 12.1 Å². The zero-order valence-corrected chi connectivity index (χ0v) is 16.6. The van der Waals surface area contributed by atoms with E-state index in [2.05, 4.69) is 4.98 Å². The second-order valence-corrected chi connectivity index (χ2v) is 7.75. The number of hydrogen-bond donors (Lipinski definition) is 1. The molecule has 0 aliphatic heterocycles. The number of aromatic amines is 1. The number of hydrogen-bond acceptors (Lipinski definition) is 2. The first-order valence-corrected chi connectivity index (χ1v) is 10.2. The molecule has 0 amide bonds. The second-order valence-electron chi connectivity index (χ2n) is 6.93. The van der Waals surface area contributed by atoms with Crippen LogP contribution in [-0.4, -0.2) is 11.2 Å². The molecule has 3 aromatic carbocycles. The Kier molecular flexibility index (Phi) is 5.56. The zero-order valence-electron chi connectivity index (χ0n) is 15.8. The third-order valence-electron chi connectivity index (χ3n) is 5.04. The van der Waals surface area contributed by atoms with E-state index < -0.39 is 18.5 Å². The Morgan fingerprint density at radius 3 is 2.30 bits per heavy atom. The van der Waals surface area contributed by atoms with Crippen molar-refractivity contribution < 1.29 is 13.2 Å². The third kappa shape index (κ3) is 4.07. The summed E-state index contributed by atoms with van der Waals surface area (Å²) in [6.45, 7) is 0. The van der Waals surface area contributed by atoms with Crippen LogP contribution in [0.5, 0.6) is 0 Å². The molecule has 4 aromatic rings. The lowest BCUT2D eigenvalue weighted by atomic mass is 9.85. The fourth-order valence-corrected chi connectivity index (χ4v) is 4.44. The van der Waals surface area contributed by atoms with Crippen molar-refractivity contribution in [3.05, 3.63) is 90.0 Å². The van der Waals surface area contributed by atoms with Gasteiger partial charge in [-0.2, -0.15) is 18.4 Å². The number of aromatic nitrogens is 1. The lowest BCUT2D eigenvalue weighted by Gasteiger charge is -2.22. The summed E-state index contributed by atoms with van der Waals surface area (Å²) in [6.07, 6.45) is -5.39. The van der Waals surface area contributed by atoms with Gasteiger partial charge >= 0.3 is 6.18 Å². The summed E-state index contributed by atoms with van der Waals surface area (Å²) >= 11 is 0.889. The van der Waals surface area contributed by atoms with Crippen molar-refractivity contribution in [1.29, 1.82) is 5.26 Å². The van der Waals surface area contributed by atoms with Crippen LogP contribution in [0.25, 0.3) is 22.2 Å². The Labute approximate surface area is 176 Å². The molecular formula is C24H17F3N2S. The molecule has 1 atom stereocenters. The predicted molar refractivity (Wildman–Crippen MR) is 114 cm³/mol. The van der Waals surface area contributed by atoms with Gasteiger partial charge in [-0.05, 0) is 40.6 Å². The minimum absolute atomic E-state index is 0.503. The van der Waals surface area contributed by atoms with E-state index in [4.69, 9.17) is 0 Å². The molecule has 2 nitrogen and oxygen atoms in total. The molecule has 0 saturated heterocycles. The minimum Gasteiger partial charge on any atom is -0.354 e. The van der Waals surface area contributed by atoms with E-state index in [1.54, 1.807) is 24.3 Å². The molecule has 6 heteroatoms. The topological polar surface area (TPSA) is 39.6 Å². The number of nitrogens with one attached hydrogen (secondary N) is 1. The summed E-state index contributed by atoms with van der Waals surface area (Å²) in [6, 6.07) is 23.6. The highest BCUT2D eigenvalue weighted by Gasteiger charge is 2.36. The summed E-state index contributed by atoms with van der Waals surface area (Å²) in [5.41, 5.74) is 3.37. The van der Waals surface area contributed by atoms with Crippen molar-refractivity contribution in [3.8, 4) is 16.7 Å². The highest BCUT2D eigenvalue weighted by molar-refractivity contribution is 8.03. The Bertz CT molecular complexity index is 1210. The maximum Gasteiger partial charge on any atom is 0.390 e. The zero-order chi connectivity index (χ0) is 21.1. The van der Waals surface area contributed by atoms with Crippen LogP contribution in [0.3, 0.4) is 0 Å². The fraction of sp³-hybridized carbons (Fsp3) is 0.125. The van der Waals surface area contributed by atoms with Gasteiger partial charge in [-0.25, -0.2) is 0 Å². The Balaban J connectivity index is 2.02. The molecule has 0 radical (unpaired) electrons. The lowest BCUT2D eigenvalue weighted by molar-refractivity contribution is -0.136. The van der Waals surface area contributed by atoms with Crippen molar-refractivity contribution in [3.63, 3.8) is 0 Å². The van der Waals surface area contributed by atoms with Gasteiger partial charge in [0.25, 0.3) is 0 Å². The molecule has 0 bridgehead atoms. The highest BCUT2D eigenvalue weighted by atomic mass is 32.2. The predicted octanol–water partition coefficient (Wildman–Crippen LogP) is 7.49. The number of nitriles is 1. The molecule has 150 valence electrons. The number of fused-ring (bicyclic) bond motifs is 1. The Morgan fingerprint density at radius 2 is 1.57 bits per heavy atom. The molecule has 1 unspecified atom stereocenters. The maximum atomic E-state index is 13.8. The molecule has 1 heterocycles. The molecular weight excluding hydrogens is 405 g/mol. The Hall–Kier alpha value is -3.17. The van der Waals surface area contributed by atoms with E-state index in [0.717, 1.165) is 28.2 Å². The van der Waals surface area contributed by atoms with Crippen molar-refractivity contribution >= 4 is 22.7 Å². The van der Waals surface area contributed by atoms with Crippen LogP contribution < -0.4 is 0 Å². The number of halogens is 3. The van der Waals surface area contributed by atoms with Gasteiger partial charge in [0.1, 0.15) is 5.40 Å². The van der Waals surface area contributed by atoms with E-state index >= 15 is 0 Å². The van der Waals surface area contributed by atoms with Gasteiger partial charge in [-0.15, -0.1) is 0 Å². The largest absolute Gasteiger partial charge is 0.390 e. The number of thioether (sulfide) groups is 1. The monoisotopic (exact) mass is 422 g/mol. The van der Waals surface area contributed by atoms with E-state index in [9.17, 15) is 18.4 Å². The number of alkyl halides is 3. The summed E-state index contributed by atoms with van der Waals surface area (Å²) in [5.74, 6) is -0.951. The quantitative estimate of drug-likeness (QED) is 0.267. The van der Waals surface area contributed by atoms with Gasteiger partial charge in [-0.3, -0.25) is 0 Å². The average molecular weight is 422 g/mol. The molecule has 0 aliphatic carbocycles. The smallest absolute Gasteiger partial charge is 0.354 e. The fourth-order valence-electron chi connectivity index (χ4n) is 3.87. The highest BCUT2D eigenvalue weighted by Crippen LogP contribution is 2.45.